The molecule has 0 saturated carbocycles. The summed E-state index contributed by atoms with van der Waals surface area (Å²) in [6.07, 6.45) is 0.812. The van der Waals surface area contributed by atoms with Crippen LogP contribution in [-0.4, -0.2) is 23.5 Å². The molecule has 0 spiro atoms. The van der Waals surface area contributed by atoms with Gasteiger partial charge in [0.1, 0.15) is 0 Å². The van der Waals surface area contributed by atoms with Crippen molar-refractivity contribution >= 4 is 33.4 Å². The second-order valence-corrected chi connectivity index (χ2v) is 5.70. The van der Waals surface area contributed by atoms with E-state index in [0.717, 1.165) is 16.6 Å². The first-order valence-corrected chi connectivity index (χ1v) is 6.79. The van der Waals surface area contributed by atoms with E-state index < -0.39 is 0 Å². The van der Waals surface area contributed by atoms with Gasteiger partial charge in [0.05, 0.1) is 5.69 Å². The number of aryl methyl sites for hydroxylation is 1. The van der Waals surface area contributed by atoms with Crippen molar-refractivity contribution in [3.8, 4) is 0 Å². The first-order chi connectivity index (χ1) is 7.20. The summed E-state index contributed by atoms with van der Waals surface area (Å²) in [4.78, 5) is 1.30. The molecule has 1 atom stereocenters. The van der Waals surface area contributed by atoms with Crippen molar-refractivity contribution in [3.63, 3.8) is 0 Å². The van der Waals surface area contributed by atoms with Gasteiger partial charge < -0.3 is 10.4 Å². The van der Waals surface area contributed by atoms with Crippen LogP contribution in [0.25, 0.3) is 0 Å². The van der Waals surface area contributed by atoms with Crippen LogP contribution in [0.3, 0.4) is 0 Å². The summed E-state index contributed by atoms with van der Waals surface area (Å²) in [5.41, 5.74) is 2.45. The molecule has 1 aliphatic rings. The van der Waals surface area contributed by atoms with Gasteiger partial charge in [-0.3, -0.25) is 0 Å². The molecule has 0 aromatic heterocycles. The van der Waals surface area contributed by atoms with E-state index in [1.54, 1.807) is 0 Å². The van der Waals surface area contributed by atoms with Gasteiger partial charge in [-0.25, -0.2) is 0 Å². The Bertz CT molecular complexity index is 370. The van der Waals surface area contributed by atoms with Gasteiger partial charge in [0.2, 0.25) is 0 Å². The van der Waals surface area contributed by atoms with Crippen LogP contribution >= 0.6 is 27.7 Å². The zero-order chi connectivity index (χ0) is 10.8. The number of halogens is 1. The Morgan fingerprint density at radius 1 is 1.60 bits per heavy atom. The Morgan fingerprint density at radius 3 is 3.13 bits per heavy atom. The molecule has 1 unspecified atom stereocenters. The topological polar surface area (TPSA) is 32.3 Å². The summed E-state index contributed by atoms with van der Waals surface area (Å²) in [6.45, 7) is 2.35. The summed E-state index contributed by atoms with van der Waals surface area (Å²) < 4.78 is 1.12. The van der Waals surface area contributed by atoms with Gasteiger partial charge in [-0.05, 0) is 47.0 Å². The Hall–Kier alpha value is -0.190. The SMILES string of the molecule is Cc1cc(Br)c2c(c1)SCC(CCO)N2. The highest BCUT2D eigenvalue weighted by molar-refractivity contribution is 9.10. The third-order valence-corrected chi connectivity index (χ3v) is 4.29. The molecular weight excluding hydrogens is 274 g/mol. The van der Waals surface area contributed by atoms with Crippen molar-refractivity contribution < 1.29 is 5.11 Å². The fraction of sp³-hybridized carbons (Fsp3) is 0.455. The zero-order valence-electron chi connectivity index (χ0n) is 8.59. The summed E-state index contributed by atoms with van der Waals surface area (Å²) in [7, 11) is 0. The number of rotatable bonds is 2. The van der Waals surface area contributed by atoms with E-state index in [1.165, 1.54) is 16.1 Å². The molecule has 1 heterocycles. The highest BCUT2D eigenvalue weighted by atomic mass is 79.9. The number of benzene rings is 1. The van der Waals surface area contributed by atoms with Gasteiger partial charge in [-0.2, -0.15) is 0 Å². The predicted molar refractivity (Wildman–Crippen MR) is 68.7 cm³/mol. The monoisotopic (exact) mass is 287 g/mol. The van der Waals surface area contributed by atoms with E-state index in [4.69, 9.17) is 5.11 Å². The molecule has 2 rings (SSSR count). The predicted octanol–water partition coefficient (Wildman–Crippen LogP) is 3.03. The fourth-order valence-electron chi connectivity index (χ4n) is 1.71. The Balaban J connectivity index is 2.25. The van der Waals surface area contributed by atoms with Crippen LogP contribution in [0.2, 0.25) is 0 Å². The lowest BCUT2D eigenvalue weighted by Gasteiger charge is -2.27. The summed E-state index contributed by atoms with van der Waals surface area (Å²) in [6, 6.07) is 4.70. The highest BCUT2D eigenvalue weighted by Gasteiger charge is 2.19. The molecule has 0 fully saturated rings. The third kappa shape index (κ3) is 2.49. The van der Waals surface area contributed by atoms with Gasteiger partial charge in [0.25, 0.3) is 0 Å². The normalized spacial score (nSPS) is 19.5. The minimum atomic E-state index is 0.247. The standard InChI is InChI=1S/C11H14BrNOS/c1-7-4-9(12)11-10(5-7)15-6-8(13-11)2-3-14/h4-5,8,13-14H,2-3,6H2,1H3. The molecule has 1 aromatic rings. The third-order valence-electron chi connectivity index (χ3n) is 2.46. The van der Waals surface area contributed by atoms with Crippen LogP contribution in [0.4, 0.5) is 5.69 Å². The molecule has 0 amide bonds. The van der Waals surface area contributed by atoms with Gasteiger partial charge in [-0.15, -0.1) is 11.8 Å². The Labute approximate surface area is 103 Å². The molecule has 1 aliphatic heterocycles. The minimum absolute atomic E-state index is 0.247. The number of thioether (sulfide) groups is 1. The zero-order valence-corrected chi connectivity index (χ0v) is 11.0. The Kier molecular flexibility index (Phi) is 3.59. The van der Waals surface area contributed by atoms with E-state index in [1.807, 2.05) is 11.8 Å². The molecule has 0 saturated heterocycles. The molecule has 2 N–H and O–H groups in total. The van der Waals surface area contributed by atoms with Crippen LogP contribution < -0.4 is 5.32 Å². The largest absolute Gasteiger partial charge is 0.396 e. The minimum Gasteiger partial charge on any atom is -0.396 e. The van der Waals surface area contributed by atoms with E-state index in [9.17, 15) is 0 Å². The second kappa shape index (κ2) is 4.76. The lowest BCUT2D eigenvalue weighted by molar-refractivity contribution is 0.282. The van der Waals surface area contributed by atoms with Crippen LogP contribution in [-0.2, 0) is 0 Å². The number of hydrogen-bond donors (Lipinski definition) is 2. The molecule has 0 radical (unpaired) electrons. The van der Waals surface area contributed by atoms with Crippen molar-refractivity contribution in [2.45, 2.75) is 24.3 Å². The molecule has 82 valence electrons. The highest BCUT2D eigenvalue weighted by Crippen LogP contribution is 2.39. The summed E-state index contributed by atoms with van der Waals surface area (Å²) >= 11 is 5.43. The quantitative estimate of drug-likeness (QED) is 0.877. The van der Waals surface area contributed by atoms with E-state index in [-0.39, 0.29) is 6.61 Å². The van der Waals surface area contributed by atoms with Crippen LogP contribution in [0.5, 0.6) is 0 Å². The van der Waals surface area contributed by atoms with Gasteiger partial charge in [0.15, 0.2) is 0 Å². The first-order valence-electron chi connectivity index (χ1n) is 5.01. The maximum atomic E-state index is 8.92. The number of aliphatic hydroxyl groups is 1. The van der Waals surface area contributed by atoms with Crippen LogP contribution in [0.1, 0.15) is 12.0 Å². The van der Waals surface area contributed by atoms with Crippen molar-refractivity contribution in [1.82, 2.24) is 0 Å². The molecule has 4 heteroatoms. The molecule has 2 nitrogen and oxygen atoms in total. The maximum Gasteiger partial charge on any atom is 0.0625 e. The second-order valence-electron chi connectivity index (χ2n) is 3.78. The number of fused-ring (bicyclic) bond motifs is 1. The van der Waals surface area contributed by atoms with Crippen LogP contribution in [0.15, 0.2) is 21.5 Å². The van der Waals surface area contributed by atoms with E-state index >= 15 is 0 Å². The summed E-state index contributed by atoms with van der Waals surface area (Å²) in [5, 5.41) is 12.4. The van der Waals surface area contributed by atoms with E-state index in [2.05, 4.69) is 40.3 Å². The van der Waals surface area contributed by atoms with Crippen molar-refractivity contribution in [1.29, 1.82) is 0 Å². The van der Waals surface area contributed by atoms with Gasteiger partial charge in [0, 0.05) is 27.8 Å². The first kappa shape index (κ1) is 11.3. The lowest BCUT2D eigenvalue weighted by Crippen LogP contribution is -2.27. The number of hydrogen-bond acceptors (Lipinski definition) is 3. The van der Waals surface area contributed by atoms with Crippen molar-refractivity contribution in [3.05, 3.63) is 22.2 Å². The fourth-order valence-corrected chi connectivity index (χ4v) is 3.75. The maximum absolute atomic E-state index is 8.92. The molecule has 0 aliphatic carbocycles. The Morgan fingerprint density at radius 2 is 2.40 bits per heavy atom. The molecule has 15 heavy (non-hydrogen) atoms. The van der Waals surface area contributed by atoms with Crippen LogP contribution in [0, 0.1) is 6.92 Å². The van der Waals surface area contributed by atoms with Gasteiger partial charge in [-0.1, -0.05) is 0 Å². The average molecular weight is 288 g/mol. The van der Waals surface area contributed by atoms with Gasteiger partial charge >= 0.3 is 0 Å². The number of aliphatic hydroxyl groups excluding tert-OH is 1. The van der Waals surface area contributed by atoms with Crippen molar-refractivity contribution in [2.24, 2.45) is 0 Å². The van der Waals surface area contributed by atoms with E-state index in [0.29, 0.717) is 6.04 Å². The number of nitrogens with one attached hydrogen (secondary N) is 1. The lowest BCUT2D eigenvalue weighted by atomic mass is 10.2. The smallest absolute Gasteiger partial charge is 0.0625 e. The molecule has 0 bridgehead atoms. The van der Waals surface area contributed by atoms with Crippen molar-refractivity contribution in [2.75, 3.05) is 17.7 Å². The average Bonchev–Trinajstić information content (AvgIpc) is 2.19. The summed E-state index contributed by atoms with van der Waals surface area (Å²) in [5.74, 6) is 1.03. The molecular formula is C11H14BrNOS. The molecule has 1 aromatic carbocycles. The number of anilines is 1.